The first-order valence-corrected chi connectivity index (χ1v) is 8.19. The van der Waals surface area contributed by atoms with Gasteiger partial charge in [0.15, 0.2) is 0 Å². The van der Waals surface area contributed by atoms with Crippen molar-refractivity contribution >= 4 is 35.2 Å². The summed E-state index contributed by atoms with van der Waals surface area (Å²) in [6, 6.07) is 11.6. The van der Waals surface area contributed by atoms with E-state index < -0.39 is 23.2 Å². The number of hydrazine groups is 1. The summed E-state index contributed by atoms with van der Waals surface area (Å²) in [6.45, 7) is 5.14. The van der Waals surface area contributed by atoms with Crippen LogP contribution in [-0.2, 0) is 0 Å². The van der Waals surface area contributed by atoms with Crippen molar-refractivity contribution in [3.63, 3.8) is 0 Å². The van der Waals surface area contributed by atoms with Gasteiger partial charge < -0.3 is 0 Å². The molecule has 0 fully saturated rings. The molecule has 0 saturated carbocycles. The molecule has 0 aliphatic carbocycles. The summed E-state index contributed by atoms with van der Waals surface area (Å²) in [6.07, 6.45) is 0. The zero-order valence-electron chi connectivity index (χ0n) is 14.0. The van der Waals surface area contributed by atoms with Gasteiger partial charge in [-0.3, -0.25) is 9.59 Å². The highest BCUT2D eigenvalue weighted by atomic mass is 35.5. The number of rotatable bonds is 2. The molecule has 0 radical (unpaired) electrons. The third-order valence-corrected chi connectivity index (χ3v) is 3.92. The maximum atomic E-state index is 13.9. The van der Waals surface area contributed by atoms with Crippen LogP contribution in [0.4, 0.5) is 4.39 Å². The zero-order valence-corrected chi connectivity index (χ0v) is 15.5. The minimum absolute atomic E-state index is 0.226. The van der Waals surface area contributed by atoms with Gasteiger partial charge in [-0.25, -0.2) is 9.40 Å². The van der Waals surface area contributed by atoms with Crippen LogP contribution in [0.5, 0.6) is 0 Å². The summed E-state index contributed by atoms with van der Waals surface area (Å²) in [7, 11) is 0. The van der Waals surface area contributed by atoms with Gasteiger partial charge in [-0.2, -0.15) is 0 Å². The van der Waals surface area contributed by atoms with Gasteiger partial charge in [0.1, 0.15) is 5.82 Å². The van der Waals surface area contributed by atoms with Gasteiger partial charge in [0.2, 0.25) is 0 Å². The van der Waals surface area contributed by atoms with Crippen LogP contribution in [0.25, 0.3) is 0 Å². The van der Waals surface area contributed by atoms with E-state index in [1.807, 2.05) is 0 Å². The second kappa shape index (κ2) is 7.42. The summed E-state index contributed by atoms with van der Waals surface area (Å²) < 4.78 is 14.5. The molecule has 2 amide bonds. The molecule has 0 saturated heterocycles. The highest BCUT2D eigenvalue weighted by molar-refractivity contribution is 6.30. The summed E-state index contributed by atoms with van der Waals surface area (Å²) in [5.74, 6) is -2.06. The van der Waals surface area contributed by atoms with Gasteiger partial charge in [0, 0.05) is 22.4 Å². The Morgan fingerprint density at radius 1 is 0.960 bits per heavy atom. The summed E-state index contributed by atoms with van der Waals surface area (Å²) in [5, 5.41) is 1.55. The minimum Gasteiger partial charge on any atom is -0.267 e. The van der Waals surface area contributed by atoms with Gasteiger partial charge in [-0.1, -0.05) is 23.7 Å². The maximum absolute atomic E-state index is 13.9. The average molecular weight is 383 g/mol. The normalized spacial score (nSPS) is 11.1. The molecule has 0 spiro atoms. The molecule has 25 heavy (non-hydrogen) atoms. The number of carbonyl (C=O) groups excluding carboxylic acids is 2. The Balaban J connectivity index is 2.40. The SMILES string of the molecule is CC(C)(C)N(C(=O)c1ccc(Cl)cc1)N(Cl)C(=O)c1ccccc1F. The first kappa shape index (κ1) is 19.2. The topological polar surface area (TPSA) is 40.6 Å². The van der Waals surface area contributed by atoms with Crippen molar-refractivity contribution in [3.05, 3.63) is 70.5 Å². The maximum Gasteiger partial charge on any atom is 0.290 e. The fraction of sp³-hybridized carbons (Fsp3) is 0.222. The minimum atomic E-state index is -0.836. The molecular weight excluding hydrogens is 366 g/mol. The first-order chi connectivity index (χ1) is 11.6. The van der Waals surface area contributed by atoms with E-state index in [9.17, 15) is 14.0 Å². The van der Waals surface area contributed by atoms with Crippen LogP contribution in [-0.4, -0.2) is 26.9 Å². The monoisotopic (exact) mass is 382 g/mol. The Morgan fingerprint density at radius 3 is 2.04 bits per heavy atom. The standard InChI is InChI=1S/C18H17Cl2FN2O2/c1-18(2,3)22(16(24)12-8-10-13(19)11-9-12)23(20)17(25)14-6-4-5-7-15(14)21/h4-11H,1-3H3. The lowest BCUT2D eigenvalue weighted by molar-refractivity contribution is -0.00392. The number of halogens is 3. The van der Waals surface area contributed by atoms with Gasteiger partial charge in [0.05, 0.1) is 11.1 Å². The predicted molar refractivity (Wildman–Crippen MR) is 95.8 cm³/mol. The molecule has 0 atom stereocenters. The summed E-state index contributed by atoms with van der Waals surface area (Å²) in [5.41, 5.74) is -0.763. The van der Waals surface area contributed by atoms with Crippen molar-refractivity contribution in [2.75, 3.05) is 0 Å². The molecule has 0 heterocycles. The highest BCUT2D eigenvalue weighted by Crippen LogP contribution is 2.25. The van der Waals surface area contributed by atoms with Crippen molar-refractivity contribution in [1.82, 2.24) is 9.54 Å². The summed E-state index contributed by atoms with van der Waals surface area (Å²) in [4.78, 5) is 25.5. The fourth-order valence-corrected chi connectivity index (χ4v) is 2.70. The Labute approximate surface area is 155 Å². The van der Waals surface area contributed by atoms with E-state index in [2.05, 4.69) is 0 Å². The van der Waals surface area contributed by atoms with Crippen molar-refractivity contribution < 1.29 is 14.0 Å². The molecule has 2 aromatic rings. The van der Waals surface area contributed by atoms with Gasteiger partial charge >= 0.3 is 0 Å². The number of hydrogen-bond acceptors (Lipinski definition) is 2. The number of carbonyl (C=O) groups is 2. The van der Waals surface area contributed by atoms with Gasteiger partial charge in [0.25, 0.3) is 11.8 Å². The average Bonchev–Trinajstić information content (AvgIpc) is 2.54. The van der Waals surface area contributed by atoms with Crippen molar-refractivity contribution in [1.29, 1.82) is 0 Å². The fourth-order valence-electron chi connectivity index (χ4n) is 2.19. The Kier molecular flexibility index (Phi) is 5.70. The van der Waals surface area contributed by atoms with E-state index in [1.165, 1.54) is 30.3 Å². The van der Waals surface area contributed by atoms with Crippen molar-refractivity contribution in [3.8, 4) is 0 Å². The van der Waals surface area contributed by atoms with E-state index in [0.29, 0.717) is 15.1 Å². The molecule has 0 aliphatic heterocycles. The van der Waals surface area contributed by atoms with E-state index in [1.54, 1.807) is 32.9 Å². The number of nitrogens with zero attached hydrogens (tertiary/aromatic N) is 2. The Morgan fingerprint density at radius 2 is 1.52 bits per heavy atom. The molecule has 0 N–H and O–H groups in total. The summed E-state index contributed by atoms with van der Waals surface area (Å²) >= 11 is 12.0. The second-order valence-electron chi connectivity index (χ2n) is 6.34. The van der Waals surface area contributed by atoms with Crippen LogP contribution < -0.4 is 0 Å². The molecular formula is C18H17Cl2FN2O2. The van der Waals surface area contributed by atoms with Gasteiger partial charge in [-0.05, 0) is 57.2 Å². The highest BCUT2D eigenvalue weighted by Gasteiger charge is 2.36. The largest absolute Gasteiger partial charge is 0.290 e. The van der Waals surface area contributed by atoms with Crippen LogP contribution in [0.3, 0.4) is 0 Å². The lowest BCUT2D eigenvalue weighted by Crippen LogP contribution is -2.54. The molecule has 0 aromatic heterocycles. The molecule has 132 valence electrons. The predicted octanol–water partition coefficient (Wildman–Crippen LogP) is 4.93. The molecule has 0 unspecified atom stereocenters. The number of hydrogen-bond donors (Lipinski definition) is 0. The second-order valence-corrected chi connectivity index (χ2v) is 7.10. The van der Waals surface area contributed by atoms with E-state index >= 15 is 0 Å². The van der Waals surface area contributed by atoms with Crippen LogP contribution in [0.1, 0.15) is 41.5 Å². The van der Waals surface area contributed by atoms with E-state index in [4.69, 9.17) is 23.4 Å². The smallest absolute Gasteiger partial charge is 0.267 e. The number of amides is 2. The van der Waals surface area contributed by atoms with Gasteiger partial charge in [-0.15, -0.1) is 4.53 Å². The Bertz CT molecular complexity index is 788. The third kappa shape index (κ3) is 4.30. The molecule has 0 bridgehead atoms. The molecule has 7 heteroatoms. The van der Waals surface area contributed by atoms with Crippen molar-refractivity contribution in [2.45, 2.75) is 26.3 Å². The Hall–Kier alpha value is -2.11. The van der Waals surface area contributed by atoms with Crippen molar-refractivity contribution in [2.24, 2.45) is 0 Å². The molecule has 2 rings (SSSR count). The zero-order chi connectivity index (χ0) is 18.8. The first-order valence-electron chi connectivity index (χ1n) is 7.47. The molecule has 0 aliphatic rings. The van der Waals surface area contributed by atoms with E-state index in [-0.39, 0.29) is 5.56 Å². The van der Waals surface area contributed by atoms with E-state index in [0.717, 1.165) is 11.1 Å². The van der Waals surface area contributed by atoms with Crippen LogP contribution in [0, 0.1) is 5.82 Å². The lowest BCUT2D eigenvalue weighted by atomic mass is 10.1. The van der Waals surface area contributed by atoms with Crippen LogP contribution in [0.15, 0.2) is 48.5 Å². The third-order valence-electron chi connectivity index (χ3n) is 3.37. The lowest BCUT2D eigenvalue weighted by Gasteiger charge is -2.39. The molecule has 2 aromatic carbocycles. The number of benzene rings is 2. The quantitative estimate of drug-likeness (QED) is 0.545. The van der Waals surface area contributed by atoms with Crippen LogP contribution >= 0.6 is 23.4 Å². The molecule has 4 nitrogen and oxygen atoms in total. The van der Waals surface area contributed by atoms with Crippen LogP contribution in [0.2, 0.25) is 5.02 Å².